The van der Waals surface area contributed by atoms with E-state index in [1.165, 1.54) is 6.26 Å². The van der Waals surface area contributed by atoms with Gasteiger partial charge in [-0.1, -0.05) is 35.3 Å². The number of anilines is 1. The number of nitrogens with one attached hydrogen (secondary N) is 1. The van der Waals surface area contributed by atoms with E-state index in [0.29, 0.717) is 15.6 Å². The van der Waals surface area contributed by atoms with Gasteiger partial charge in [0.2, 0.25) is 0 Å². The second-order valence-electron chi connectivity index (χ2n) is 4.83. The highest BCUT2D eigenvalue weighted by atomic mass is 35.5. The maximum atomic E-state index is 11.8. The van der Waals surface area contributed by atoms with Crippen LogP contribution in [0.3, 0.4) is 0 Å². The Morgan fingerprint density at radius 3 is 2.48 bits per heavy atom. The smallest absolute Gasteiger partial charge is 0.175 e. The van der Waals surface area contributed by atoms with E-state index in [4.69, 9.17) is 23.2 Å². The summed E-state index contributed by atoms with van der Waals surface area (Å²) in [5, 5.41) is 4.13. The molecule has 0 unspecified atom stereocenters. The summed E-state index contributed by atoms with van der Waals surface area (Å²) in [5.74, 6) is 0. The number of hydrogen-bond acceptors (Lipinski definition) is 3. The molecule has 6 heteroatoms. The Labute approximate surface area is 134 Å². The predicted octanol–water partition coefficient (Wildman–Crippen LogP) is 4.32. The van der Waals surface area contributed by atoms with Crippen molar-refractivity contribution in [2.75, 3.05) is 11.6 Å². The summed E-state index contributed by atoms with van der Waals surface area (Å²) in [6, 6.07) is 10.5. The van der Waals surface area contributed by atoms with Crippen LogP contribution in [-0.2, 0) is 16.4 Å². The van der Waals surface area contributed by atoms with Gasteiger partial charge in [0, 0.05) is 23.4 Å². The summed E-state index contributed by atoms with van der Waals surface area (Å²) in [4.78, 5) is 0.228. The first kappa shape index (κ1) is 16.1. The fourth-order valence-corrected chi connectivity index (χ4v) is 3.45. The molecule has 0 bridgehead atoms. The van der Waals surface area contributed by atoms with Gasteiger partial charge >= 0.3 is 0 Å². The molecule has 0 aliphatic rings. The van der Waals surface area contributed by atoms with Gasteiger partial charge in [0.15, 0.2) is 9.84 Å². The number of halogens is 2. The van der Waals surface area contributed by atoms with Crippen LogP contribution < -0.4 is 5.32 Å². The van der Waals surface area contributed by atoms with Crippen LogP contribution in [0.25, 0.3) is 0 Å². The summed E-state index contributed by atoms with van der Waals surface area (Å²) in [7, 11) is -3.34. The van der Waals surface area contributed by atoms with Gasteiger partial charge in [-0.15, -0.1) is 0 Å². The third-order valence-corrected chi connectivity index (χ3v) is 4.92. The predicted molar refractivity (Wildman–Crippen MR) is 88.1 cm³/mol. The quantitative estimate of drug-likeness (QED) is 0.899. The van der Waals surface area contributed by atoms with Crippen LogP contribution in [0.1, 0.15) is 11.1 Å². The van der Waals surface area contributed by atoms with Crippen molar-refractivity contribution in [3.8, 4) is 0 Å². The van der Waals surface area contributed by atoms with Crippen LogP contribution in [0.15, 0.2) is 41.3 Å². The van der Waals surface area contributed by atoms with Gasteiger partial charge in [0.25, 0.3) is 0 Å². The zero-order chi connectivity index (χ0) is 15.6. The van der Waals surface area contributed by atoms with Crippen molar-refractivity contribution in [3.05, 3.63) is 57.6 Å². The molecule has 0 spiro atoms. The van der Waals surface area contributed by atoms with Gasteiger partial charge < -0.3 is 5.32 Å². The van der Waals surface area contributed by atoms with Crippen LogP contribution >= 0.6 is 23.2 Å². The Hall–Kier alpha value is -1.23. The van der Waals surface area contributed by atoms with E-state index < -0.39 is 9.84 Å². The fraction of sp³-hybridized carbons (Fsp3) is 0.200. The number of hydrogen-bond donors (Lipinski definition) is 1. The lowest BCUT2D eigenvalue weighted by Crippen LogP contribution is -2.08. The van der Waals surface area contributed by atoms with E-state index in [-0.39, 0.29) is 11.4 Å². The third kappa shape index (κ3) is 3.90. The molecule has 0 fully saturated rings. The molecule has 3 nitrogen and oxygen atoms in total. The Bertz CT molecular complexity index is 773. The molecule has 0 amide bonds. The lowest BCUT2D eigenvalue weighted by atomic mass is 10.2. The molecule has 112 valence electrons. The minimum atomic E-state index is -3.34. The minimum Gasteiger partial charge on any atom is -0.380 e. The van der Waals surface area contributed by atoms with Crippen molar-refractivity contribution < 1.29 is 8.42 Å². The lowest BCUT2D eigenvalue weighted by Gasteiger charge is -2.13. The van der Waals surface area contributed by atoms with E-state index in [0.717, 1.165) is 11.3 Å². The Balaban J connectivity index is 2.34. The first-order chi connectivity index (χ1) is 9.79. The second-order valence-corrected chi connectivity index (χ2v) is 7.62. The van der Waals surface area contributed by atoms with Crippen molar-refractivity contribution in [1.29, 1.82) is 0 Å². The van der Waals surface area contributed by atoms with Crippen molar-refractivity contribution in [2.24, 2.45) is 0 Å². The summed E-state index contributed by atoms with van der Waals surface area (Å²) in [6.45, 7) is 2.24. The van der Waals surface area contributed by atoms with E-state index >= 15 is 0 Å². The molecule has 1 N–H and O–H groups in total. The van der Waals surface area contributed by atoms with Crippen molar-refractivity contribution in [3.63, 3.8) is 0 Å². The largest absolute Gasteiger partial charge is 0.380 e. The standard InChI is InChI=1S/C15H15Cl2NO2S/c1-10-6-7-13(17)14(8-10)18-9-11-12(16)4-3-5-15(11)21(2,19)20/h3-8,18H,9H2,1-2H3. The monoisotopic (exact) mass is 343 g/mol. The van der Waals surface area contributed by atoms with E-state index in [1.807, 2.05) is 19.1 Å². The molecule has 0 saturated heterocycles. The summed E-state index contributed by atoms with van der Waals surface area (Å²) in [6.07, 6.45) is 1.17. The molecule has 21 heavy (non-hydrogen) atoms. The summed E-state index contributed by atoms with van der Waals surface area (Å²) in [5.41, 5.74) is 2.35. The molecule has 0 aromatic heterocycles. The SMILES string of the molecule is Cc1ccc(Cl)c(NCc2c(Cl)cccc2S(C)(=O)=O)c1. The molecular formula is C15H15Cl2NO2S. The van der Waals surface area contributed by atoms with Crippen LogP contribution in [-0.4, -0.2) is 14.7 Å². The molecule has 0 saturated carbocycles. The first-order valence-corrected chi connectivity index (χ1v) is 8.91. The van der Waals surface area contributed by atoms with E-state index in [9.17, 15) is 8.42 Å². The molecule has 0 atom stereocenters. The van der Waals surface area contributed by atoms with Crippen LogP contribution in [0.5, 0.6) is 0 Å². The van der Waals surface area contributed by atoms with Crippen molar-refractivity contribution in [1.82, 2.24) is 0 Å². The molecule has 0 radical (unpaired) electrons. The van der Waals surface area contributed by atoms with Gasteiger partial charge in [-0.2, -0.15) is 0 Å². The highest BCUT2D eigenvalue weighted by Gasteiger charge is 2.15. The normalized spacial score (nSPS) is 11.4. The molecule has 0 heterocycles. The Morgan fingerprint density at radius 2 is 1.81 bits per heavy atom. The Kier molecular flexibility index (Phi) is 4.81. The highest BCUT2D eigenvalue weighted by Crippen LogP contribution is 2.27. The van der Waals surface area contributed by atoms with Crippen LogP contribution in [0.2, 0.25) is 10.0 Å². The fourth-order valence-electron chi connectivity index (χ4n) is 2.02. The van der Waals surface area contributed by atoms with E-state index in [1.54, 1.807) is 24.3 Å². The Morgan fingerprint density at radius 1 is 1.10 bits per heavy atom. The molecule has 2 aromatic carbocycles. The zero-order valence-electron chi connectivity index (χ0n) is 11.7. The molecule has 2 rings (SSSR count). The number of rotatable bonds is 4. The minimum absolute atomic E-state index is 0.228. The summed E-state index contributed by atoms with van der Waals surface area (Å²) < 4.78 is 23.7. The van der Waals surface area contributed by atoms with Crippen molar-refractivity contribution in [2.45, 2.75) is 18.4 Å². The van der Waals surface area contributed by atoms with Gasteiger partial charge in [-0.25, -0.2) is 8.42 Å². The van der Waals surface area contributed by atoms with Crippen molar-refractivity contribution >= 4 is 38.7 Å². The van der Waals surface area contributed by atoms with Gasteiger partial charge in [0.05, 0.1) is 15.6 Å². The van der Waals surface area contributed by atoms with Gasteiger partial charge in [0.1, 0.15) is 0 Å². The molecule has 2 aromatic rings. The maximum Gasteiger partial charge on any atom is 0.175 e. The maximum absolute atomic E-state index is 11.8. The lowest BCUT2D eigenvalue weighted by molar-refractivity contribution is 0.601. The topological polar surface area (TPSA) is 46.2 Å². The van der Waals surface area contributed by atoms with Crippen LogP contribution in [0.4, 0.5) is 5.69 Å². The van der Waals surface area contributed by atoms with E-state index in [2.05, 4.69) is 5.32 Å². The number of benzene rings is 2. The molecule has 0 aliphatic carbocycles. The second kappa shape index (κ2) is 6.26. The van der Waals surface area contributed by atoms with Crippen LogP contribution in [0, 0.1) is 6.92 Å². The average molecular weight is 344 g/mol. The first-order valence-electron chi connectivity index (χ1n) is 6.26. The van der Waals surface area contributed by atoms with Gasteiger partial charge in [-0.05, 0) is 36.8 Å². The number of aryl methyl sites for hydroxylation is 1. The molecular weight excluding hydrogens is 329 g/mol. The average Bonchev–Trinajstić information content (AvgIpc) is 2.39. The summed E-state index contributed by atoms with van der Waals surface area (Å²) >= 11 is 12.3. The molecule has 0 aliphatic heterocycles. The highest BCUT2D eigenvalue weighted by molar-refractivity contribution is 7.90. The number of sulfone groups is 1. The third-order valence-electron chi connectivity index (χ3n) is 3.05. The van der Waals surface area contributed by atoms with Gasteiger partial charge in [-0.3, -0.25) is 0 Å². The zero-order valence-corrected chi connectivity index (χ0v) is 14.0.